The second kappa shape index (κ2) is 10.3. The Morgan fingerprint density at radius 1 is 1.06 bits per heavy atom. The van der Waals surface area contributed by atoms with Gasteiger partial charge in [-0.2, -0.15) is 0 Å². The highest BCUT2D eigenvalue weighted by atomic mass is 79.9. The van der Waals surface area contributed by atoms with Gasteiger partial charge < -0.3 is 14.6 Å². The molecule has 3 aromatic carbocycles. The maximum atomic E-state index is 12.9. The van der Waals surface area contributed by atoms with Crippen molar-refractivity contribution >= 4 is 61.4 Å². The third kappa shape index (κ3) is 5.08. The smallest absolute Gasteiger partial charge is 0.335 e. The number of anilines is 1. The number of hydrogen-bond donors (Lipinski definition) is 2. The monoisotopic (exact) mass is 600 g/mol. The SMILES string of the molecule is COc1cc(/C=C2/C(=O)NN(c3ccccc3)C2=O)c(Br)c(Br)c1OCc1cccc(C(=O)O)c1. The molecular weight excluding hydrogens is 584 g/mol. The van der Waals surface area contributed by atoms with E-state index in [4.69, 9.17) is 9.47 Å². The number of nitrogens with zero attached hydrogens (tertiary/aromatic N) is 1. The van der Waals surface area contributed by atoms with E-state index in [1.807, 2.05) is 6.07 Å². The summed E-state index contributed by atoms with van der Waals surface area (Å²) in [5.74, 6) is -1.31. The lowest BCUT2D eigenvalue weighted by Crippen LogP contribution is -2.35. The molecule has 1 saturated heterocycles. The summed E-state index contributed by atoms with van der Waals surface area (Å²) in [6, 6.07) is 16.8. The quantitative estimate of drug-likeness (QED) is 0.293. The molecule has 4 rings (SSSR count). The predicted octanol–water partition coefficient (Wildman–Crippen LogP) is 4.96. The van der Waals surface area contributed by atoms with E-state index >= 15 is 0 Å². The van der Waals surface area contributed by atoms with Gasteiger partial charge in [0.05, 0.1) is 22.8 Å². The van der Waals surface area contributed by atoms with Crippen molar-refractivity contribution < 1.29 is 29.0 Å². The van der Waals surface area contributed by atoms with Crippen molar-refractivity contribution in [2.24, 2.45) is 0 Å². The number of ether oxygens (including phenoxy) is 2. The van der Waals surface area contributed by atoms with Gasteiger partial charge in [0.2, 0.25) is 0 Å². The van der Waals surface area contributed by atoms with Crippen molar-refractivity contribution in [3.05, 3.63) is 91.9 Å². The Kier molecular flexibility index (Phi) is 7.23. The van der Waals surface area contributed by atoms with Crippen LogP contribution in [0, 0.1) is 0 Å². The molecule has 1 aliphatic rings. The molecule has 3 aromatic rings. The van der Waals surface area contributed by atoms with E-state index in [1.54, 1.807) is 42.5 Å². The van der Waals surface area contributed by atoms with Gasteiger partial charge in [-0.25, -0.2) is 9.80 Å². The molecular formula is C25H18Br2N2O6. The van der Waals surface area contributed by atoms with Gasteiger partial charge in [0.15, 0.2) is 11.5 Å². The lowest BCUT2D eigenvalue weighted by Gasteiger charge is -2.16. The number of carbonyl (C=O) groups excluding carboxylic acids is 2. The van der Waals surface area contributed by atoms with Gasteiger partial charge in [0.1, 0.15) is 12.2 Å². The van der Waals surface area contributed by atoms with Gasteiger partial charge in [-0.3, -0.25) is 15.0 Å². The summed E-state index contributed by atoms with van der Waals surface area (Å²) < 4.78 is 12.5. The van der Waals surface area contributed by atoms with Gasteiger partial charge >= 0.3 is 5.97 Å². The summed E-state index contributed by atoms with van der Waals surface area (Å²) in [5.41, 5.74) is 4.41. The van der Waals surface area contributed by atoms with Crippen LogP contribution in [-0.2, 0) is 16.2 Å². The number of nitrogens with one attached hydrogen (secondary N) is 1. The Morgan fingerprint density at radius 2 is 1.80 bits per heavy atom. The second-order valence-corrected chi connectivity index (χ2v) is 8.98. The molecule has 35 heavy (non-hydrogen) atoms. The molecule has 178 valence electrons. The standard InChI is InChI=1S/C25H18Br2N2O6/c1-34-19-12-16(11-18-23(30)28-29(24(18)31)17-8-3-2-4-9-17)20(26)21(27)22(19)35-13-14-6-5-7-15(10-14)25(32)33/h2-12H,13H2,1H3,(H,28,30)(H,32,33)/b18-11-. The molecule has 2 N–H and O–H groups in total. The van der Waals surface area contributed by atoms with E-state index in [0.29, 0.717) is 37.3 Å². The largest absolute Gasteiger partial charge is 0.493 e. The van der Waals surface area contributed by atoms with Crippen LogP contribution in [0.15, 0.2) is 75.2 Å². The van der Waals surface area contributed by atoms with Crippen molar-refractivity contribution in [3.8, 4) is 11.5 Å². The highest BCUT2D eigenvalue weighted by Gasteiger charge is 2.34. The van der Waals surface area contributed by atoms with Crippen LogP contribution in [-0.4, -0.2) is 30.0 Å². The highest BCUT2D eigenvalue weighted by Crippen LogP contribution is 2.44. The molecule has 0 saturated carbocycles. The summed E-state index contributed by atoms with van der Waals surface area (Å²) in [6.45, 7) is 0.0931. The summed E-state index contributed by atoms with van der Waals surface area (Å²) in [6.07, 6.45) is 1.47. The molecule has 8 nitrogen and oxygen atoms in total. The van der Waals surface area contributed by atoms with Crippen LogP contribution >= 0.6 is 31.9 Å². The number of carboxylic acids is 1. The fraction of sp³-hybridized carbons (Fsp3) is 0.0800. The van der Waals surface area contributed by atoms with Crippen molar-refractivity contribution in [3.63, 3.8) is 0 Å². The normalized spacial score (nSPS) is 14.3. The molecule has 10 heteroatoms. The zero-order chi connectivity index (χ0) is 25.1. The van der Waals surface area contributed by atoms with E-state index in [-0.39, 0.29) is 17.7 Å². The molecule has 1 heterocycles. The number of para-hydroxylation sites is 1. The third-order valence-corrected chi connectivity index (χ3v) is 7.28. The Bertz CT molecular complexity index is 1360. The van der Waals surface area contributed by atoms with Crippen LogP contribution in [0.4, 0.5) is 5.69 Å². The van der Waals surface area contributed by atoms with E-state index < -0.39 is 17.8 Å². The molecule has 0 spiro atoms. The third-order valence-electron chi connectivity index (χ3n) is 5.14. The molecule has 2 amide bonds. The molecule has 0 bridgehead atoms. The first-order chi connectivity index (χ1) is 16.8. The second-order valence-electron chi connectivity index (χ2n) is 7.39. The molecule has 0 unspecified atom stereocenters. The Hall–Kier alpha value is -3.63. The minimum atomic E-state index is -1.03. The highest BCUT2D eigenvalue weighted by molar-refractivity contribution is 9.13. The number of methoxy groups -OCH3 is 1. The molecule has 0 radical (unpaired) electrons. The number of benzene rings is 3. The number of carbonyl (C=O) groups is 3. The van der Waals surface area contributed by atoms with Crippen molar-refractivity contribution in [1.29, 1.82) is 0 Å². The number of halogens is 2. The van der Waals surface area contributed by atoms with Crippen molar-refractivity contribution in [2.75, 3.05) is 12.1 Å². The minimum absolute atomic E-state index is 0.0392. The summed E-state index contributed by atoms with van der Waals surface area (Å²) >= 11 is 6.99. The topological polar surface area (TPSA) is 105 Å². The summed E-state index contributed by atoms with van der Waals surface area (Å²) in [4.78, 5) is 36.7. The van der Waals surface area contributed by atoms with Crippen molar-refractivity contribution in [1.82, 2.24) is 5.43 Å². The zero-order valence-electron chi connectivity index (χ0n) is 18.2. The Balaban J connectivity index is 1.63. The number of hydrogen-bond acceptors (Lipinski definition) is 5. The van der Waals surface area contributed by atoms with Gasteiger partial charge in [0, 0.05) is 4.47 Å². The average molecular weight is 602 g/mol. The summed E-state index contributed by atoms with van der Waals surface area (Å²) in [7, 11) is 1.47. The van der Waals surface area contributed by atoms with Crippen LogP contribution in [0.1, 0.15) is 21.5 Å². The first kappa shape index (κ1) is 24.5. The van der Waals surface area contributed by atoms with Gasteiger partial charge in [-0.05, 0) is 79.4 Å². The minimum Gasteiger partial charge on any atom is -0.493 e. The Labute approximate surface area is 217 Å². The first-order valence-corrected chi connectivity index (χ1v) is 11.8. The van der Waals surface area contributed by atoms with Crippen LogP contribution < -0.4 is 19.9 Å². The van der Waals surface area contributed by atoms with Gasteiger partial charge in [-0.1, -0.05) is 30.3 Å². The fourth-order valence-corrected chi connectivity index (χ4v) is 4.37. The van der Waals surface area contributed by atoms with Gasteiger partial charge in [-0.15, -0.1) is 0 Å². The zero-order valence-corrected chi connectivity index (χ0v) is 21.4. The van der Waals surface area contributed by atoms with Crippen LogP contribution in [0.3, 0.4) is 0 Å². The predicted molar refractivity (Wildman–Crippen MR) is 136 cm³/mol. The van der Waals surface area contributed by atoms with Crippen LogP contribution in [0.25, 0.3) is 6.08 Å². The van der Waals surface area contributed by atoms with E-state index in [0.717, 1.165) is 0 Å². The van der Waals surface area contributed by atoms with E-state index in [1.165, 1.54) is 30.3 Å². The van der Waals surface area contributed by atoms with Crippen LogP contribution in [0.2, 0.25) is 0 Å². The molecule has 0 aromatic heterocycles. The number of amides is 2. The Morgan fingerprint density at radius 3 is 2.49 bits per heavy atom. The average Bonchev–Trinajstić information content (AvgIpc) is 3.15. The maximum Gasteiger partial charge on any atom is 0.335 e. The number of aromatic carboxylic acids is 1. The molecule has 0 aliphatic carbocycles. The lowest BCUT2D eigenvalue weighted by molar-refractivity contribution is -0.117. The number of rotatable bonds is 7. The molecule has 1 aliphatic heterocycles. The first-order valence-electron chi connectivity index (χ1n) is 10.2. The molecule has 0 atom stereocenters. The van der Waals surface area contributed by atoms with Crippen molar-refractivity contribution in [2.45, 2.75) is 6.61 Å². The van der Waals surface area contributed by atoms with Gasteiger partial charge in [0.25, 0.3) is 11.8 Å². The molecule has 1 fully saturated rings. The lowest BCUT2D eigenvalue weighted by atomic mass is 10.1. The van der Waals surface area contributed by atoms with Crippen LogP contribution in [0.5, 0.6) is 11.5 Å². The summed E-state index contributed by atoms with van der Waals surface area (Å²) in [5, 5.41) is 10.4. The fourth-order valence-electron chi connectivity index (χ4n) is 3.42. The van der Waals surface area contributed by atoms with E-state index in [2.05, 4.69) is 37.3 Å². The maximum absolute atomic E-state index is 12.9. The number of carboxylic acid groups (broad SMARTS) is 1. The number of hydrazine groups is 1. The van der Waals surface area contributed by atoms with E-state index in [9.17, 15) is 19.5 Å².